The molecule has 3 aromatic rings. The number of nitrogens with zero attached hydrogens (tertiary/aromatic N) is 3. The number of carbonyl (C=O) groups excluding carboxylic acids is 2. The topological polar surface area (TPSA) is 74.1 Å². The van der Waals surface area contributed by atoms with E-state index >= 15 is 0 Å². The molecule has 2 aromatic carbocycles. The van der Waals surface area contributed by atoms with Gasteiger partial charge in [0.2, 0.25) is 0 Å². The van der Waals surface area contributed by atoms with E-state index in [-0.39, 0.29) is 12.7 Å². The van der Waals surface area contributed by atoms with Crippen LogP contribution in [0.15, 0.2) is 54.9 Å². The fourth-order valence-electron chi connectivity index (χ4n) is 2.43. The van der Waals surface area contributed by atoms with Crippen LogP contribution in [-0.2, 0) is 16.3 Å². The maximum Gasteiger partial charge on any atom is 0.313 e. The maximum atomic E-state index is 11.8. The molecule has 27 heavy (non-hydrogen) atoms. The molecule has 0 atom stereocenters. The van der Waals surface area contributed by atoms with Crippen molar-refractivity contribution >= 4 is 12.3 Å². The SMILES string of the molecule is CC(C)(C)C(=O)OCn1cnc(-c2ccc(-c3cccc(C=O)c3)cc2)n1. The van der Waals surface area contributed by atoms with Gasteiger partial charge in [0, 0.05) is 11.1 Å². The van der Waals surface area contributed by atoms with Gasteiger partial charge in [-0.25, -0.2) is 9.67 Å². The molecule has 0 saturated heterocycles. The summed E-state index contributed by atoms with van der Waals surface area (Å²) in [6, 6.07) is 15.2. The Kier molecular flexibility index (Phi) is 5.16. The summed E-state index contributed by atoms with van der Waals surface area (Å²) >= 11 is 0. The second kappa shape index (κ2) is 7.53. The number of carbonyl (C=O) groups is 2. The Labute approximate surface area is 157 Å². The third-order valence-corrected chi connectivity index (χ3v) is 3.98. The van der Waals surface area contributed by atoms with Gasteiger partial charge in [0.1, 0.15) is 12.6 Å². The highest BCUT2D eigenvalue weighted by molar-refractivity contribution is 5.79. The van der Waals surface area contributed by atoms with Crippen molar-refractivity contribution in [3.05, 3.63) is 60.4 Å². The summed E-state index contributed by atoms with van der Waals surface area (Å²) in [6.07, 6.45) is 2.37. The lowest BCUT2D eigenvalue weighted by atomic mass is 9.98. The third-order valence-electron chi connectivity index (χ3n) is 3.98. The van der Waals surface area contributed by atoms with E-state index < -0.39 is 5.41 Å². The number of hydrogen-bond donors (Lipinski definition) is 0. The molecule has 1 heterocycles. The van der Waals surface area contributed by atoms with Crippen LogP contribution in [0.4, 0.5) is 0 Å². The standard InChI is InChI=1S/C21H21N3O3/c1-21(2,3)20(26)27-14-24-13-22-19(23-24)17-9-7-16(8-10-17)18-6-4-5-15(11-18)12-25/h4-13H,14H2,1-3H3. The summed E-state index contributed by atoms with van der Waals surface area (Å²) < 4.78 is 6.72. The molecule has 0 fully saturated rings. The van der Waals surface area contributed by atoms with Crippen LogP contribution in [0.1, 0.15) is 31.1 Å². The lowest BCUT2D eigenvalue weighted by molar-refractivity contribution is -0.157. The average molecular weight is 363 g/mol. The first kappa shape index (κ1) is 18.5. The molecule has 6 nitrogen and oxygen atoms in total. The number of esters is 1. The quantitative estimate of drug-likeness (QED) is 0.506. The van der Waals surface area contributed by atoms with Gasteiger partial charge < -0.3 is 4.74 Å². The number of aldehydes is 1. The van der Waals surface area contributed by atoms with Crippen LogP contribution in [0.25, 0.3) is 22.5 Å². The average Bonchev–Trinajstić information content (AvgIpc) is 3.14. The van der Waals surface area contributed by atoms with Crippen LogP contribution >= 0.6 is 0 Å². The fraction of sp³-hybridized carbons (Fsp3) is 0.238. The minimum atomic E-state index is -0.555. The molecule has 0 aliphatic rings. The van der Waals surface area contributed by atoms with Gasteiger partial charge >= 0.3 is 5.97 Å². The molecule has 138 valence electrons. The van der Waals surface area contributed by atoms with Crippen LogP contribution in [-0.4, -0.2) is 27.0 Å². The lowest BCUT2D eigenvalue weighted by Gasteiger charge is -2.16. The first-order chi connectivity index (χ1) is 12.9. The van der Waals surface area contributed by atoms with E-state index in [1.807, 2.05) is 42.5 Å². The van der Waals surface area contributed by atoms with Crippen LogP contribution < -0.4 is 0 Å². The highest BCUT2D eigenvalue weighted by atomic mass is 16.5. The monoisotopic (exact) mass is 363 g/mol. The third kappa shape index (κ3) is 4.47. The van der Waals surface area contributed by atoms with Gasteiger partial charge in [-0.2, -0.15) is 0 Å². The molecular weight excluding hydrogens is 342 g/mol. The predicted octanol–water partition coefficient (Wildman–Crippen LogP) is 3.97. The summed E-state index contributed by atoms with van der Waals surface area (Å²) in [4.78, 5) is 27.0. The summed E-state index contributed by atoms with van der Waals surface area (Å²) in [5, 5.41) is 4.35. The molecule has 3 rings (SSSR count). The minimum absolute atomic E-state index is 0.0275. The number of rotatable bonds is 5. The summed E-state index contributed by atoms with van der Waals surface area (Å²) in [6.45, 7) is 5.43. The van der Waals surface area contributed by atoms with Gasteiger partial charge in [-0.05, 0) is 38.0 Å². The van der Waals surface area contributed by atoms with Crippen molar-refractivity contribution in [1.29, 1.82) is 0 Å². The second-order valence-corrected chi connectivity index (χ2v) is 7.24. The lowest BCUT2D eigenvalue weighted by Crippen LogP contribution is -2.24. The summed E-state index contributed by atoms with van der Waals surface area (Å²) in [7, 11) is 0. The fourth-order valence-corrected chi connectivity index (χ4v) is 2.43. The van der Waals surface area contributed by atoms with Gasteiger partial charge in [-0.3, -0.25) is 9.59 Å². The molecular formula is C21H21N3O3. The van der Waals surface area contributed by atoms with E-state index in [9.17, 15) is 9.59 Å². The molecule has 0 bridgehead atoms. The van der Waals surface area contributed by atoms with Crippen LogP contribution in [0, 0.1) is 5.41 Å². The van der Waals surface area contributed by atoms with Crippen molar-refractivity contribution < 1.29 is 14.3 Å². The molecule has 1 aromatic heterocycles. The molecule has 0 saturated carbocycles. The van der Waals surface area contributed by atoms with Gasteiger partial charge in [-0.15, -0.1) is 5.10 Å². The molecule has 0 aliphatic carbocycles. The highest BCUT2D eigenvalue weighted by Crippen LogP contribution is 2.23. The zero-order chi connectivity index (χ0) is 19.4. The van der Waals surface area contributed by atoms with E-state index in [2.05, 4.69) is 10.1 Å². The molecule has 0 unspecified atom stereocenters. The van der Waals surface area contributed by atoms with Gasteiger partial charge in [-0.1, -0.05) is 42.5 Å². The van der Waals surface area contributed by atoms with Crippen molar-refractivity contribution in [3.8, 4) is 22.5 Å². The van der Waals surface area contributed by atoms with Crippen molar-refractivity contribution in [1.82, 2.24) is 14.8 Å². The van der Waals surface area contributed by atoms with Crippen molar-refractivity contribution in [2.24, 2.45) is 5.41 Å². The molecule has 0 aliphatic heterocycles. The van der Waals surface area contributed by atoms with Crippen molar-refractivity contribution in [2.45, 2.75) is 27.5 Å². The zero-order valence-corrected chi connectivity index (χ0v) is 15.5. The Balaban J connectivity index is 1.71. The Morgan fingerprint density at radius 2 is 1.78 bits per heavy atom. The number of benzene rings is 2. The Morgan fingerprint density at radius 3 is 2.44 bits per heavy atom. The van der Waals surface area contributed by atoms with E-state index in [1.54, 1.807) is 26.8 Å². The maximum absolute atomic E-state index is 11.8. The van der Waals surface area contributed by atoms with Gasteiger partial charge in [0.15, 0.2) is 12.6 Å². The molecule has 0 radical (unpaired) electrons. The largest absolute Gasteiger partial charge is 0.442 e. The van der Waals surface area contributed by atoms with E-state index in [4.69, 9.17) is 4.74 Å². The van der Waals surface area contributed by atoms with E-state index in [1.165, 1.54) is 11.0 Å². The Hall–Kier alpha value is -3.28. The van der Waals surface area contributed by atoms with Gasteiger partial charge in [0.25, 0.3) is 0 Å². The van der Waals surface area contributed by atoms with E-state index in [0.717, 1.165) is 23.0 Å². The zero-order valence-electron chi connectivity index (χ0n) is 15.5. The first-order valence-electron chi connectivity index (χ1n) is 8.59. The van der Waals surface area contributed by atoms with Gasteiger partial charge in [0.05, 0.1) is 5.41 Å². The molecule has 0 amide bonds. The normalized spacial score (nSPS) is 11.2. The highest BCUT2D eigenvalue weighted by Gasteiger charge is 2.23. The smallest absolute Gasteiger partial charge is 0.313 e. The number of ether oxygens (including phenoxy) is 1. The molecule has 0 N–H and O–H groups in total. The first-order valence-corrected chi connectivity index (χ1v) is 8.59. The number of hydrogen-bond acceptors (Lipinski definition) is 5. The predicted molar refractivity (Wildman–Crippen MR) is 102 cm³/mol. The Bertz CT molecular complexity index is 953. The van der Waals surface area contributed by atoms with Crippen LogP contribution in [0.5, 0.6) is 0 Å². The van der Waals surface area contributed by atoms with E-state index in [0.29, 0.717) is 11.4 Å². The van der Waals surface area contributed by atoms with Crippen LogP contribution in [0.3, 0.4) is 0 Å². The van der Waals surface area contributed by atoms with Crippen LogP contribution in [0.2, 0.25) is 0 Å². The molecule has 6 heteroatoms. The molecule has 0 spiro atoms. The number of aromatic nitrogens is 3. The van der Waals surface area contributed by atoms with Crippen molar-refractivity contribution in [2.75, 3.05) is 0 Å². The Morgan fingerprint density at radius 1 is 1.07 bits per heavy atom. The van der Waals surface area contributed by atoms with Crippen molar-refractivity contribution in [3.63, 3.8) is 0 Å². The summed E-state index contributed by atoms with van der Waals surface area (Å²) in [5.41, 5.74) is 2.91. The second-order valence-electron chi connectivity index (χ2n) is 7.24. The minimum Gasteiger partial charge on any atom is -0.442 e. The summed E-state index contributed by atoms with van der Waals surface area (Å²) in [5.74, 6) is 0.261.